The molecule has 2 aromatic rings. The molecule has 1 N–H and O–H groups in total. The molecule has 2 aromatic carbocycles. The van der Waals surface area contributed by atoms with E-state index in [-0.39, 0.29) is 11.3 Å². The number of halogens is 3. The molecular formula is C14H8F3NO2. The maximum Gasteiger partial charge on any atom is 0.416 e. The Morgan fingerprint density at radius 1 is 1.00 bits per heavy atom. The third-order valence-corrected chi connectivity index (χ3v) is 2.91. The summed E-state index contributed by atoms with van der Waals surface area (Å²) in [4.78, 5) is 12.0. The van der Waals surface area contributed by atoms with E-state index in [4.69, 9.17) is 4.74 Å². The van der Waals surface area contributed by atoms with Crippen LogP contribution in [0.4, 0.5) is 18.9 Å². The first-order valence-corrected chi connectivity index (χ1v) is 5.74. The summed E-state index contributed by atoms with van der Waals surface area (Å²) in [7, 11) is 0. The molecule has 0 radical (unpaired) electrons. The van der Waals surface area contributed by atoms with Crippen molar-refractivity contribution in [3.05, 3.63) is 53.6 Å². The van der Waals surface area contributed by atoms with E-state index >= 15 is 0 Å². The summed E-state index contributed by atoms with van der Waals surface area (Å²) in [6, 6.07) is 9.47. The first kappa shape index (κ1) is 12.5. The molecular weight excluding hydrogens is 271 g/mol. The summed E-state index contributed by atoms with van der Waals surface area (Å²) in [5.41, 5.74) is -0.612. The van der Waals surface area contributed by atoms with Gasteiger partial charge in [-0.25, -0.2) is 0 Å². The van der Waals surface area contributed by atoms with Gasteiger partial charge in [-0.05, 0) is 30.3 Å². The second-order valence-electron chi connectivity index (χ2n) is 4.26. The average molecular weight is 279 g/mol. The summed E-state index contributed by atoms with van der Waals surface area (Å²) >= 11 is 0. The number of hydrogen-bond acceptors (Lipinski definition) is 2. The molecule has 0 saturated heterocycles. The maximum atomic E-state index is 12.7. The van der Waals surface area contributed by atoms with E-state index in [0.29, 0.717) is 11.4 Å². The molecule has 1 aliphatic rings. The number of alkyl halides is 3. The van der Waals surface area contributed by atoms with Gasteiger partial charge >= 0.3 is 6.18 Å². The number of carbonyl (C=O) groups excluding carboxylic acids is 1. The third-order valence-electron chi connectivity index (χ3n) is 2.91. The molecule has 0 saturated carbocycles. The van der Waals surface area contributed by atoms with E-state index < -0.39 is 17.6 Å². The Kier molecular flexibility index (Phi) is 2.67. The molecule has 0 aliphatic carbocycles. The highest BCUT2D eigenvalue weighted by Gasteiger charge is 2.32. The molecule has 1 aliphatic heterocycles. The second kappa shape index (κ2) is 4.26. The van der Waals surface area contributed by atoms with Gasteiger partial charge in [0.25, 0.3) is 5.91 Å². The minimum atomic E-state index is -4.51. The standard InChI is InChI=1S/C14H8F3NO2/c15-14(16,17)8-5-6-11-9(7-8)13(19)18-10-3-1-2-4-12(10)20-11/h1-7H,(H,18,19). The zero-order valence-electron chi connectivity index (χ0n) is 9.99. The largest absolute Gasteiger partial charge is 0.454 e. The number of benzene rings is 2. The highest BCUT2D eigenvalue weighted by atomic mass is 19.4. The van der Waals surface area contributed by atoms with Crippen LogP contribution >= 0.6 is 0 Å². The van der Waals surface area contributed by atoms with E-state index in [1.165, 1.54) is 0 Å². The fraction of sp³-hybridized carbons (Fsp3) is 0.0714. The minimum absolute atomic E-state index is 0.0976. The number of nitrogens with one attached hydrogen (secondary N) is 1. The van der Waals surface area contributed by atoms with Crippen molar-refractivity contribution in [1.82, 2.24) is 0 Å². The number of ether oxygens (including phenoxy) is 1. The van der Waals surface area contributed by atoms with Gasteiger partial charge in [0, 0.05) is 0 Å². The number of anilines is 1. The Balaban J connectivity index is 2.11. The lowest BCUT2D eigenvalue weighted by Crippen LogP contribution is -2.12. The SMILES string of the molecule is O=C1Nc2ccccc2Oc2ccc(C(F)(F)F)cc21. The van der Waals surface area contributed by atoms with Crippen molar-refractivity contribution >= 4 is 11.6 Å². The highest BCUT2D eigenvalue weighted by molar-refractivity contribution is 6.08. The van der Waals surface area contributed by atoms with Crippen LogP contribution < -0.4 is 10.1 Å². The lowest BCUT2D eigenvalue weighted by atomic mass is 10.1. The smallest absolute Gasteiger partial charge is 0.416 e. The van der Waals surface area contributed by atoms with Crippen molar-refractivity contribution in [2.75, 3.05) is 5.32 Å². The zero-order valence-corrected chi connectivity index (χ0v) is 9.99. The van der Waals surface area contributed by atoms with Gasteiger partial charge in [-0.1, -0.05) is 12.1 Å². The lowest BCUT2D eigenvalue weighted by molar-refractivity contribution is -0.137. The van der Waals surface area contributed by atoms with E-state index in [0.717, 1.165) is 18.2 Å². The Morgan fingerprint density at radius 3 is 2.50 bits per heavy atom. The molecule has 3 rings (SSSR count). The second-order valence-corrected chi connectivity index (χ2v) is 4.26. The van der Waals surface area contributed by atoms with Crippen molar-refractivity contribution in [2.24, 2.45) is 0 Å². The van der Waals surface area contributed by atoms with Gasteiger partial charge in [-0.2, -0.15) is 13.2 Å². The topological polar surface area (TPSA) is 38.3 Å². The molecule has 0 atom stereocenters. The molecule has 1 amide bonds. The van der Waals surface area contributed by atoms with Crippen molar-refractivity contribution < 1.29 is 22.7 Å². The summed E-state index contributed by atoms with van der Waals surface area (Å²) in [6.07, 6.45) is -4.51. The first-order valence-electron chi connectivity index (χ1n) is 5.74. The Morgan fingerprint density at radius 2 is 1.75 bits per heavy atom. The summed E-state index contributed by atoms with van der Waals surface area (Å²) in [6.45, 7) is 0. The van der Waals surface area contributed by atoms with Gasteiger partial charge in [0.15, 0.2) is 5.75 Å². The molecule has 0 aromatic heterocycles. The van der Waals surface area contributed by atoms with Crippen LogP contribution in [-0.4, -0.2) is 5.91 Å². The van der Waals surface area contributed by atoms with Crippen LogP contribution in [-0.2, 0) is 6.18 Å². The maximum absolute atomic E-state index is 12.7. The van der Waals surface area contributed by atoms with Gasteiger partial charge in [-0.3, -0.25) is 4.79 Å². The van der Waals surface area contributed by atoms with Gasteiger partial charge in [-0.15, -0.1) is 0 Å². The first-order chi connectivity index (χ1) is 9.45. The molecule has 6 heteroatoms. The molecule has 102 valence electrons. The van der Waals surface area contributed by atoms with E-state index in [9.17, 15) is 18.0 Å². The molecule has 0 spiro atoms. The predicted octanol–water partition coefficient (Wildman–Crippen LogP) is 4.06. The van der Waals surface area contributed by atoms with Gasteiger partial charge in [0.05, 0.1) is 16.8 Å². The Bertz CT molecular complexity index is 695. The summed E-state index contributed by atoms with van der Waals surface area (Å²) in [5, 5.41) is 2.53. The number of amides is 1. The zero-order chi connectivity index (χ0) is 14.3. The number of fused-ring (bicyclic) bond motifs is 2. The molecule has 3 nitrogen and oxygen atoms in total. The van der Waals surface area contributed by atoms with Crippen molar-refractivity contribution in [1.29, 1.82) is 0 Å². The summed E-state index contributed by atoms with van der Waals surface area (Å²) < 4.78 is 43.5. The molecule has 1 heterocycles. The van der Waals surface area contributed by atoms with Crippen LogP contribution in [0.25, 0.3) is 0 Å². The summed E-state index contributed by atoms with van der Waals surface area (Å²) in [5.74, 6) is -0.143. The lowest BCUT2D eigenvalue weighted by Gasteiger charge is -2.10. The predicted molar refractivity (Wildman–Crippen MR) is 65.9 cm³/mol. The van der Waals surface area contributed by atoms with Crippen molar-refractivity contribution in [3.8, 4) is 11.5 Å². The normalized spacial score (nSPS) is 13.7. The molecule has 0 fully saturated rings. The molecule has 20 heavy (non-hydrogen) atoms. The fourth-order valence-electron chi connectivity index (χ4n) is 1.94. The van der Waals surface area contributed by atoms with Crippen LogP contribution in [0.1, 0.15) is 15.9 Å². The van der Waals surface area contributed by atoms with Crippen molar-refractivity contribution in [3.63, 3.8) is 0 Å². The number of para-hydroxylation sites is 2. The van der Waals surface area contributed by atoms with Crippen LogP contribution in [0.2, 0.25) is 0 Å². The molecule has 0 unspecified atom stereocenters. The third kappa shape index (κ3) is 2.09. The minimum Gasteiger partial charge on any atom is -0.454 e. The van der Waals surface area contributed by atoms with Crippen LogP contribution in [0.3, 0.4) is 0 Å². The monoisotopic (exact) mass is 279 g/mol. The highest BCUT2D eigenvalue weighted by Crippen LogP contribution is 2.38. The van der Waals surface area contributed by atoms with Crippen LogP contribution in [0.5, 0.6) is 11.5 Å². The number of hydrogen-bond donors (Lipinski definition) is 1. The average Bonchev–Trinajstić information content (AvgIpc) is 2.53. The van der Waals surface area contributed by atoms with E-state index in [1.54, 1.807) is 24.3 Å². The Hall–Kier alpha value is -2.50. The van der Waals surface area contributed by atoms with Gasteiger partial charge in [0.1, 0.15) is 5.75 Å². The Labute approximate surface area is 112 Å². The van der Waals surface area contributed by atoms with Crippen LogP contribution in [0, 0.1) is 0 Å². The van der Waals surface area contributed by atoms with Gasteiger partial charge < -0.3 is 10.1 Å². The fourth-order valence-corrected chi connectivity index (χ4v) is 1.94. The van der Waals surface area contributed by atoms with Gasteiger partial charge in [0.2, 0.25) is 0 Å². The van der Waals surface area contributed by atoms with Crippen molar-refractivity contribution in [2.45, 2.75) is 6.18 Å². The number of rotatable bonds is 0. The quantitative estimate of drug-likeness (QED) is 0.789. The van der Waals surface area contributed by atoms with E-state index in [2.05, 4.69) is 5.32 Å². The number of carbonyl (C=O) groups is 1. The van der Waals surface area contributed by atoms with Crippen LogP contribution in [0.15, 0.2) is 42.5 Å². The molecule has 0 bridgehead atoms. The van der Waals surface area contributed by atoms with E-state index in [1.807, 2.05) is 0 Å².